The van der Waals surface area contributed by atoms with E-state index in [1.807, 2.05) is 0 Å². The summed E-state index contributed by atoms with van der Waals surface area (Å²) in [5.74, 6) is 0.171. The van der Waals surface area contributed by atoms with Gasteiger partial charge in [-0.2, -0.15) is 0 Å². The molecule has 1 saturated carbocycles. The molecule has 1 fully saturated rings. The van der Waals surface area contributed by atoms with E-state index in [-0.39, 0.29) is 22.7 Å². The Labute approximate surface area is 108 Å². The van der Waals surface area contributed by atoms with Crippen molar-refractivity contribution in [3.8, 4) is 0 Å². The first-order chi connectivity index (χ1) is 9.09. The maximum absolute atomic E-state index is 11.3. The van der Waals surface area contributed by atoms with Gasteiger partial charge in [0.25, 0.3) is 11.4 Å². The monoisotopic (exact) mass is 258 g/mol. The number of non-ortho nitro benzene ring substituents is 1. The number of rotatable bonds is 3. The van der Waals surface area contributed by atoms with Gasteiger partial charge in [0.15, 0.2) is 0 Å². The van der Waals surface area contributed by atoms with E-state index in [9.17, 15) is 20.2 Å². The highest BCUT2D eigenvalue weighted by Crippen LogP contribution is 2.47. The van der Waals surface area contributed by atoms with Crippen LogP contribution in [0.5, 0.6) is 0 Å². The number of benzene rings is 2. The minimum atomic E-state index is -0.563. The Balaban J connectivity index is 2.43. The van der Waals surface area contributed by atoms with Crippen LogP contribution in [0.15, 0.2) is 30.3 Å². The highest BCUT2D eigenvalue weighted by atomic mass is 16.6. The lowest BCUT2D eigenvalue weighted by Crippen LogP contribution is -1.98. The maximum atomic E-state index is 11.3. The normalized spacial score (nSPS) is 14.5. The van der Waals surface area contributed by atoms with E-state index in [1.54, 1.807) is 24.3 Å². The lowest BCUT2D eigenvalue weighted by molar-refractivity contribution is -0.390. The third kappa shape index (κ3) is 1.81. The first-order valence-electron chi connectivity index (χ1n) is 5.94. The molecular formula is C13H10N2O4. The standard InChI is InChI=1S/C13H10N2O4/c16-14(17)11-3-1-2-9-6-7-10(8-4-5-8)13(12(9)11)15(18)19/h1-3,6-8H,4-5H2. The van der Waals surface area contributed by atoms with Crippen molar-refractivity contribution in [1.82, 2.24) is 0 Å². The topological polar surface area (TPSA) is 86.3 Å². The number of hydrogen-bond donors (Lipinski definition) is 0. The molecule has 0 bridgehead atoms. The lowest BCUT2D eigenvalue weighted by atomic mass is 10.00. The molecule has 2 aromatic carbocycles. The molecule has 0 radical (unpaired) electrons. The van der Waals surface area contributed by atoms with Crippen LogP contribution in [0, 0.1) is 20.2 Å². The molecule has 6 nitrogen and oxygen atoms in total. The Hall–Kier alpha value is -2.50. The highest BCUT2D eigenvalue weighted by molar-refractivity contribution is 5.99. The van der Waals surface area contributed by atoms with Crippen LogP contribution in [0.1, 0.15) is 24.3 Å². The fourth-order valence-corrected chi connectivity index (χ4v) is 2.43. The van der Waals surface area contributed by atoms with Crippen LogP contribution < -0.4 is 0 Å². The summed E-state index contributed by atoms with van der Waals surface area (Å²) in [6.45, 7) is 0. The molecule has 3 rings (SSSR count). The summed E-state index contributed by atoms with van der Waals surface area (Å²) in [4.78, 5) is 21.3. The zero-order chi connectivity index (χ0) is 13.6. The molecule has 0 spiro atoms. The largest absolute Gasteiger partial charge is 0.287 e. The second kappa shape index (κ2) is 4.01. The molecule has 2 aromatic rings. The molecule has 19 heavy (non-hydrogen) atoms. The quantitative estimate of drug-likeness (QED) is 0.622. The lowest BCUT2D eigenvalue weighted by Gasteiger charge is -2.05. The summed E-state index contributed by atoms with van der Waals surface area (Å²) in [5.41, 5.74) is 0.311. The molecule has 0 heterocycles. The number of nitro benzene ring substituents is 2. The third-order valence-corrected chi connectivity index (χ3v) is 3.42. The van der Waals surface area contributed by atoms with Crippen molar-refractivity contribution in [3.63, 3.8) is 0 Å². The summed E-state index contributed by atoms with van der Waals surface area (Å²) in [7, 11) is 0. The zero-order valence-corrected chi connectivity index (χ0v) is 9.91. The van der Waals surface area contributed by atoms with Gasteiger partial charge in [-0.1, -0.05) is 24.3 Å². The second-order valence-electron chi connectivity index (χ2n) is 4.67. The summed E-state index contributed by atoms with van der Waals surface area (Å²) in [6, 6.07) is 7.96. The van der Waals surface area contributed by atoms with Crippen molar-refractivity contribution in [3.05, 3.63) is 56.1 Å². The zero-order valence-electron chi connectivity index (χ0n) is 9.91. The van der Waals surface area contributed by atoms with Gasteiger partial charge in [0, 0.05) is 11.6 Å². The number of nitro groups is 2. The molecule has 96 valence electrons. The highest BCUT2D eigenvalue weighted by Gasteiger charge is 2.34. The van der Waals surface area contributed by atoms with E-state index in [0.717, 1.165) is 12.8 Å². The van der Waals surface area contributed by atoms with E-state index in [4.69, 9.17) is 0 Å². The summed E-state index contributed by atoms with van der Waals surface area (Å²) >= 11 is 0. The van der Waals surface area contributed by atoms with E-state index >= 15 is 0 Å². The van der Waals surface area contributed by atoms with Gasteiger partial charge in [0.1, 0.15) is 5.39 Å². The molecule has 0 unspecified atom stereocenters. The molecule has 0 aliphatic heterocycles. The van der Waals surface area contributed by atoms with Crippen LogP contribution in [0.3, 0.4) is 0 Å². The number of hydrogen-bond acceptors (Lipinski definition) is 4. The Bertz CT molecular complexity index is 707. The van der Waals surface area contributed by atoms with Gasteiger partial charge in [-0.3, -0.25) is 20.2 Å². The Morgan fingerprint density at radius 2 is 1.74 bits per heavy atom. The minimum Gasteiger partial charge on any atom is -0.258 e. The van der Waals surface area contributed by atoms with Crippen molar-refractivity contribution >= 4 is 22.1 Å². The van der Waals surface area contributed by atoms with Crippen LogP contribution in [0.4, 0.5) is 11.4 Å². The smallest absolute Gasteiger partial charge is 0.258 e. The van der Waals surface area contributed by atoms with Gasteiger partial charge in [-0.05, 0) is 24.1 Å². The molecule has 0 N–H and O–H groups in total. The Morgan fingerprint density at radius 1 is 1.00 bits per heavy atom. The molecule has 1 aliphatic rings. The van der Waals surface area contributed by atoms with Crippen molar-refractivity contribution < 1.29 is 9.85 Å². The first kappa shape index (κ1) is 11.6. The molecule has 6 heteroatoms. The SMILES string of the molecule is O=[N+]([O-])c1cccc2ccc(C3CC3)c([N+](=O)[O-])c12. The van der Waals surface area contributed by atoms with E-state index in [1.165, 1.54) is 6.07 Å². The predicted octanol–water partition coefficient (Wildman–Crippen LogP) is 3.53. The average Bonchev–Trinajstić information content (AvgIpc) is 3.20. The third-order valence-electron chi connectivity index (χ3n) is 3.42. The van der Waals surface area contributed by atoms with Gasteiger partial charge in [0.05, 0.1) is 9.85 Å². The van der Waals surface area contributed by atoms with Crippen molar-refractivity contribution in [2.75, 3.05) is 0 Å². The Kier molecular flexibility index (Phi) is 2.45. The van der Waals surface area contributed by atoms with Crippen LogP contribution in [-0.2, 0) is 0 Å². The molecule has 0 atom stereocenters. The van der Waals surface area contributed by atoms with Gasteiger partial charge in [-0.25, -0.2) is 0 Å². The minimum absolute atomic E-state index is 0.104. The Morgan fingerprint density at radius 3 is 2.32 bits per heavy atom. The van der Waals surface area contributed by atoms with Gasteiger partial charge in [0.2, 0.25) is 0 Å². The van der Waals surface area contributed by atoms with Gasteiger partial charge >= 0.3 is 0 Å². The summed E-state index contributed by atoms with van der Waals surface area (Å²) in [6.07, 6.45) is 1.82. The predicted molar refractivity (Wildman–Crippen MR) is 69.2 cm³/mol. The fraction of sp³-hybridized carbons (Fsp3) is 0.231. The van der Waals surface area contributed by atoms with Crippen LogP contribution in [-0.4, -0.2) is 9.85 Å². The van der Waals surface area contributed by atoms with Crippen molar-refractivity contribution in [2.24, 2.45) is 0 Å². The molecular weight excluding hydrogens is 248 g/mol. The van der Waals surface area contributed by atoms with Crippen LogP contribution in [0.2, 0.25) is 0 Å². The molecule has 0 amide bonds. The van der Waals surface area contributed by atoms with Crippen LogP contribution in [0.25, 0.3) is 10.8 Å². The fourth-order valence-electron chi connectivity index (χ4n) is 2.43. The molecule has 0 saturated heterocycles. The second-order valence-corrected chi connectivity index (χ2v) is 4.67. The summed E-state index contributed by atoms with van der Waals surface area (Å²) in [5, 5.41) is 23.1. The summed E-state index contributed by atoms with van der Waals surface area (Å²) < 4.78 is 0. The van der Waals surface area contributed by atoms with Gasteiger partial charge < -0.3 is 0 Å². The molecule has 1 aliphatic carbocycles. The maximum Gasteiger partial charge on any atom is 0.287 e. The molecule has 0 aromatic heterocycles. The van der Waals surface area contributed by atoms with Gasteiger partial charge in [-0.15, -0.1) is 0 Å². The van der Waals surface area contributed by atoms with E-state index in [0.29, 0.717) is 10.9 Å². The number of fused-ring (bicyclic) bond motifs is 1. The number of nitrogens with zero attached hydrogens (tertiary/aromatic N) is 2. The van der Waals surface area contributed by atoms with E-state index < -0.39 is 9.85 Å². The van der Waals surface area contributed by atoms with Crippen LogP contribution >= 0.6 is 0 Å². The van der Waals surface area contributed by atoms with Crippen molar-refractivity contribution in [2.45, 2.75) is 18.8 Å². The van der Waals surface area contributed by atoms with E-state index in [2.05, 4.69) is 0 Å². The van der Waals surface area contributed by atoms with Crippen molar-refractivity contribution in [1.29, 1.82) is 0 Å². The average molecular weight is 258 g/mol. The first-order valence-corrected chi connectivity index (χ1v) is 5.94.